The van der Waals surface area contributed by atoms with Gasteiger partial charge in [0.25, 0.3) is 11.5 Å². The molecular formula is C22H29N5O3. The van der Waals surface area contributed by atoms with Crippen molar-refractivity contribution in [2.24, 2.45) is 5.92 Å². The third-order valence-corrected chi connectivity index (χ3v) is 6.90. The molecule has 2 aromatic rings. The van der Waals surface area contributed by atoms with E-state index < -0.39 is 0 Å². The minimum atomic E-state index is -0.238. The second-order valence-corrected chi connectivity index (χ2v) is 9.10. The number of aliphatic hydroxyl groups is 1. The van der Waals surface area contributed by atoms with Crippen LogP contribution in [0.15, 0.2) is 23.0 Å². The number of piperidine rings is 1. The number of carbonyl (C=O) groups is 1. The minimum absolute atomic E-state index is 0.0481. The Kier molecular flexibility index (Phi) is 4.99. The zero-order valence-corrected chi connectivity index (χ0v) is 17.4. The van der Waals surface area contributed by atoms with Crippen LogP contribution in [0.25, 0.3) is 0 Å². The van der Waals surface area contributed by atoms with Gasteiger partial charge in [-0.1, -0.05) is 0 Å². The largest absolute Gasteiger partial charge is 0.394 e. The molecule has 2 aromatic heterocycles. The van der Waals surface area contributed by atoms with Gasteiger partial charge >= 0.3 is 0 Å². The summed E-state index contributed by atoms with van der Waals surface area (Å²) in [7, 11) is 0. The maximum Gasteiger partial charge on any atom is 0.263 e. The van der Waals surface area contributed by atoms with Crippen LogP contribution in [0, 0.1) is 12.8 Å². The second-order valence-electron chi connectivity index (χ2n) is 9.10. The Hall–Kier alpha value is -2.45. The number of hydrogen-bond donors (Lipinski definition) is 2. The lowest BCUT2D eigenvalue weighted by molar-refractivity contribution is 0.0673. The lowest BCUT2D eigenvalue weighted by Crippen LogP contribution is -2.48. The van der Waals surface area contributed by atoms with Crippen LogP contribution in [0.3, 0.4) is 0 Å². The number of fused-ring (bicyclic) bond motifs is 4. The molecule has 1 amide bonds. The number of H-pyrrole nitrogens is 1. The third-order valence-electron chi connectivity index (χ3n) is 6.90. The standard InChI is InChI=1S/C22H29N5O3/c1-14-7-17(24-23-14)12-25-9-15-8-16(11-25)20-5-4-19(22(30)27(20)10-15)21(29)26-6-2-3-18(26)13-28/h4-5,7,15-16,18,28H,2-3,6,8-13H2,1H3,(H,23,24)/t15-,16+,18+/m0/s1. The Morgan fingerprint density at radius 2 is 2.17 bits per heavy atom. The first-order valence-corrected chi connectivity index (χ1v) is 10.9. The number of carbonyl (C=O) groups excluding carboxylic acids is 1. The van der Waals surface area contributed by atoms with Crippen LogP contribution in [0.4, 0.5) is 0 Å². The number of aryl methyl sites for hydroxylation is 1. The number of likely N-dealkylation sites (tertiary alicyclic amines) is 2. The molecule has 30 heavy (non-hydrogen) atoms. The van der Waals surface area contributed by atoms with Gasteiger partial charge in [-0.3, -0.25) is 19.6 Å². The molecule has 2 bridgehead atoms. The highest BCUT2D eigenvalue weighted by Crippen LogP contribution is 2.35. The third kappa shape index (κ3) is 3.37. The Labute approximate surface area is 175 Å². The van der Waals surface area contributed by atoms with Crippen LogP contribution in [-0.4, -0.2) is 67.9 Å². The average molecular weight is 412 g/mol. The molecule has 5 rings (SSSR count). The summed E-state index contributed by atoms with van der Waals surface area (Å²) in [5.74, 6) is 0.459. The van der Waals surface area contributed by atoms with E-state index in [1.54, 1.807) is 11.0 Å². The number of amides is 1. The molecule has 0 unspecified atom stereocenters. The van der Waals surface area contributed by atoms with E-state index in [1.807, 2.05) is 17.6 Å². The molecule has 2 saturated heterocycles. The van der Waals surface area contributed by atoms with E-state index in [0.29, 0.717) is 24.9 Å². The normalized spacial score (nSPS) is 26.1. The van der Waals surface area contributed by atoms with Crippen LogP contribution in [0.1, 0.15) is 52.6 Å². The predicted octanol–water partition coefficient (Wildman–Crippen LogP) is 1.10. The molecule has 0 aliphatic carbocycles. The van der Waals surface area contributed by atoms with E-state index >= 15 is 0 Å². The van der Waals surface area contributed by atoms with Crippen molar-refractivity contribution in [3.63, 3.8) is 0 Å². The Bertz CT molecular complexity index is 1010. The first kappa shape index (κ1) is 19.5. The van der Waals surface area contributed by atoms with E-state index in [0.717, 1.165) is 56.0 Å². The van der Waals surface area contributed by atoms with Gasteiger partial charge in [-0.25, -0.2) is 0 Å². The van der Waals surface area contributed by atoms with E-state index in [9.17, 15) is 14.7 Å². The van der Waals surface area contributed by atoms with E-state index in [2.05, 4.69) is 21.2 Å². The maximum absolute atomic E-state index is 13.2. The van der Waals surface area contributed by atoms with Gasteiger partial charge in [-0.2, -0.15) is 5.10 Å². The van der Waals surface area contributed by atoms with Gasteiger partial charge in [0.1, 0.15) is 5.56 Å². The molecule has 3 aliphatic rings. The molecule has 0 aromatic carbocycles. The summed E-state index contributed by atoms with van der Waals surface area (Å²) < 4.78 is 1.84. The van der Waals surface area contributed by atoms with Crippen LogP contribution >= 0.6 is 0 Å². The van der Waals surface area contributed by atoms with Crippen molar-refractivity contribution >= 4 is 5.91 Å². The maximum atomic E-state index is 13.2. The van der Waals surface area contributed by atoms with Crippen molar-refractivity contribution in [2.45, 2.75) is 51.2 Å². The molecular weight excluding hydrogens is 382 g/mol. The number of rotatable bonds is 4. The lowest BCUT2D eigenvalue weighted by atomic mass is 9.83. The summed E-state index contributed by atoms with van der Waals surface area (Å²) in [6, 6.07) is 5.59. The molecule has 2 N–H and O–H groups in total. The second kappa shape index (κ2) is 7.67. The number of aromatic amines is 1. The first-order valence-electron chi connectivity index (χ1n) is 10.9. The van der Waals surface area contributed by atoms with E-state index in [4.69, 9.17) is 0 Å². The molecule has 2 fully saturated rings. The lowest BCUT2D eigenvalue weighted by Gasteiger charge is -2.42. The minimum Gasteiger partial charge on any atom is -0.394 e. The predicted molar refractivity (Wildman–Crippen MR) is 111 cm³/mol. The van der Waals surface area contributed by atoms with Crippen molar-refractivity contribution in [1.29, 1.82) is 0 Å². The van der Waals surface area contributed by atoms with Crippen molar-refractivity contribution in [1.82, 2.24) is 24.6 Å². The number of hydrogen-bond acceptors (Lipinski definition) is 5. The highest BCUT2D eigenvalue weighted by molar-refractivity contribution is 5.94. The van der Waals surface area contributed by atoms with Gasteiger partial charge in [-0.15, -0.1) is 0 Å². The fourth-order valence-electron chi connectivity index (χ4n) is 5.57. The molecule has 8 nitrogen and oxygen atoms in total. The number of nitrogens with zero attached hydrogens (tertiary/aromatic N) is 4. The number of pyridine rings is 1. The molecule has 0 saturated carbocycles. The van der Waals surface area contributed by atoms with Crippen molar-refractivity contribution < 1.29 is 9.90 Å². The van der Waals surface area contributed by atoms with Crippen LogP contribution in [0.2, 0.25) is 0 Å². The summed E-state index contributed by atoms with van der Waals surface area (Å²) in [4.78, 5) is 30.3. The highest BCUT2D eigenvalue weighted by Gasteiger charge is 2.36. The van der Waals surface area contributed by atoms with Gasteiger partial charge in [0.2, 0.25) is 0 Å². The molecule has 3 aliphatic heterocycles. The molecule has 0 spiro atoms. The van der Waals surface area contributed by atoms with Crippen LogP contribution in [-0.2, 0) is 13.1 Å². The molecule has 160 valence electrons. The Balaban J connectivity index is 1.38. The fourth-order valence-corrected chi connectivity index (χ4v) is 5.57. The number of nitrogens with one attached hydrogen (secondary N) is 1. The van der Waals surface area contributed by atoms with Crippen molar-refractivity contribution in [3.05, 3.63) is 51.2 Å². The summed E-state index contributed by atoms with van der Waals surface area (Å²) in [5, 5.41) is 16.9. The van der Waals surface area contributed by atoms with E-state index in [1.165, 1.54) is 0 Å². The molecule has 8 heteroatoms. The monoisotopic (exact) mass is 411 g/mol. The van der Waals surface area contributed by atoms with Crippen molar-refractivity contribution in [2.75, 3.05) is 26.2 Å². The topological polar surface area (TPSA) is 94.5 Å². The van der Waals surface area contributed by atoms with Gasteiger partial charge in [0.15, 0.2) is 0 Å². The van der Waals surface area contributed by atoms with Gasteiger partial charge in [0, 0.05) is 50.0 Å². The van der Waals surface area contributed by atoms with Crippen LogP contribution < -0.4 is 5.56 Å². The quantitative estimate of drug-likeness (QED) is 0.786. The first-order chi connectivity index (χ1) is 14.5. The fraction of sp³-hybridized carbons (Fsp3) is 0.591. The average Bonchev–Trinajstić information content (AvgIpc) is 3.37. The molecule has 3 atom stereocenters. The summed E-state index contributed by atoms with van der Waals surface area (Å²) in [6.07, 6.45) is 2.75. The van der Waals surface area contributed by atoms with Gasteiger partial charge in [0.05, 0.1) is 18.3 Å². The van der Waals surface area contributed by atoms with Gasteiger partial charge < -0.3 is 14.6 Å². The summed E-state index contributed by atoms with van der Waals surface area (Å²) in [5.41, 5.74) is 3.22. The number of aliphatic hydroxyl groups excluding tert-OH is 1. The molecule has 5 heterocycles. The zero-order valence-electron chi connectivity index (χ0n) is 17.4. The summed E-state index contributed by atoms with van der Waals surface area (Å²) >= 11 is 0. The number of aromatic nitrogens is 3. The van der Waals surface area contributed by atoms with Gasteiger partial charge in [-0.05, 0) is 50.3 Å². The Morgan fingerprint density at radius 3 is 2.93 bits per heavy atom. The molecule has 0 radical (unpaired) electrons. The van der Waals surface area contributed by atoms with Crippen LogP contribution in [0.5, 0.6) is 0 Å². The zero-order chi connectivity index (χ0) is 20.8. The smallest absolute Gasteiger partial charge is 0.263 e. The highest BCUT2D eigenvalue weighted by atomic mass is 16.3. The Morgan fingerprint density at radius 1 is 1.30 bits per heavy atom. The van der Waals surface area contributed by atoms with Crippen molar-refractivity contribution in [3.8, 4) is 0 Å². The SMILES string of the molecule is Cc1cc(CN2C[C@@H]3C[C@H](C2)c2ccc(C(=O)N4CCC[C@@H]4CO)c(=O)n2C3)n[nH]1. The summed E-state index contributed by atoms with van der Waals surface area (Å²) in [6.45, 7) is 5.87. The van der Waals surface area contributed by atoms with E-state index in [-0.39, 0.29) is 29.7 Å².